The molecule has 2 aromatic rings. The van der Waals surface area contributed by atoms with Gasteiger partial charge in [0.15, 0.2) is 0 Å². The van der Waals surface area contributed by atoms with E-state index in [1.165, 1.54) is 5.56 Å². The molecule has 0 unspecified atom stereocenters. The normalized spacial score (nSPS) is 16.4. The van der Waals surface area contributed by atoms with Gasteiger partial charge in [0.2, 0.25) is 5.88 Å². The van der Waals surface area contributed by atoms with Crippen LogP contribution < -0.4 is 15.8 Å². The minimum Gasteiger partial charge on any atom is -0.508 e. The van der Waals surface area contributed by atoms with Crippen molar-refractivity contribution in [2.24, 2.45) is 5.73 Å². The van der Waals surface area contributed by atoms with Gasteiger partial charge in [-0.1, -0.05) is 12.1 Å². The zero-order valence-electron chi connectivity index (χ0n) is 15.1. The van der Waals surface area contributed by atoms with Crippen LogP contribution in [0.2, 0.25) is 0 Å². The number of methoxy groups -OCH3 is 1. The van der Waals surface area contributed by atoms with Gasteiger partial charge in [0.25, 0.3) is 0 Å². The maximum absolute atomic E-state index is 9.64. The Morgan fingerprint density at radius 1 is 1.35 bits per heavy atom. The molecule has 1 aliphatic rings. The highest BCUT2D eigenvalue weighted by atomic mass is 16.5. The number of benzene rings is 1. The average molecular weight is 354 g/mol. The molecule has 6 nitrogen and oxygen atoms in total. The van der Waals surface area contributed by atoms with E-state index in [-0.39, 0.29) is 0 Å². The number of nitrogens with zero attached hydrogens (tertiary/aromatic N) is 2. The smallest absolute Gasteiger partial charge is 0.213 e. The highest BCUT2D eigenvalue weighted by Crippen LogP contribution is 2.29. The first-order chi connectivity index (χ1) is 12.6. The Morgan fingerprint density at radius 3 is 2.81 bits per heavy atom. The predicted octanol–water partition coefficient (Wildman–Crippen LogP) is 2.89. The van der Waals surface area contributed by atoms with Crippen LogP contribution in [0.5, 0.6) is 11.6 Å². The van der Waals surface area contributed by atoms with Gasteiger partial charge in [0, 0.05) is 24.5 Å². The average Bonchev–Trinajstić information content (AvgIpc) is 2.67. The number of hydrogen-bond donors (Lipinski definition) is 3. The lowest BCUT2D eigenvalue weighted by Crippen LogP contribution is -2.35. The number of aromatic nitrogens is 1. The van der Waals surface area contributed by atoms with Crippen LogP contribution >= 0.6 is 0 Å². The summed E-state index contributed by atoms with van der Waals surface area (Å²) in [6.45, 7) is 2.74. The number of rotatable bonds is 6. The van der Waals surface area contributed by atoms with E-state index < -0.39 is 0 Å². The summed E-state index contributed by atoms with van der Waals surface area (Å²) in [5.41, 5.74) is 9.04. The van der Waals surface area contributed by atoms with Crippen molar-refractivity contribution in [1.82, 2.24) is 9.88 Å². The lowest BCUT2D eigenvalue weighted by molar-refractivity contribution is 0.227. The Bertz CT molecular complexity index is 738. The number of phenolic OH excluding ortho intramolecular Hbond substituents is 1. The largest absolute Gasteiger partial charge is 0.508 e. The van der Waals surface area contributed by atoms with Gasteiger partial charge in [-0.15, -0.1) is 0 Å². The quantitative estimate of drug-likeness (QED) is 0.740. The number of piperidine rings is 1. The van der Waals surface area contributed by atoms with Gasteiger partial charge in [-0.3, -0.25) is 4.90 Å². The second-order valence-corrected chi connectivity index (χ2v) is 6.60. The maximum Gasteiger partial charge on any atom is 0.213 e. The summed E-state index contributed by atoms with van der Waals surface area (Å²) in [7, 11) is 1.59. The first-order valence-corrected chi connectivity index (χ1v) is 8.86. The van der Waals surface area contributed by atoms with Crippen LogP contribution in [0.3, 0.4) is 0 Å². The summed E-state index contributed by atoms with van der Waals surface area (Å²) in [5.74, 6) is 1.44. The fourth-order valence-electron chi connectivity index (χ4n) is 3.27. The molecule has 3 rings (SSSR count). The Balaban J connectivity index is 1.47. The number of hydrogen-bond acceptors (Lipinski definition) is 6. The Kier molecular flexibility index (Phi) is 5.96. The number of ether oxygens (including phenoxy) is 1. The molecule has 1 fully saturated rings. The van der Waals surface area contributed by atoms with Crippen molar-refractivity contribution in [2.45, 2.75) is 18.8 Å². The number of anilines is 1. The number of nitrogens with two attached hydrogens (primary N) is 1. The molecule has 0 radical (unpaired) electrons. The topological polar surface area (TPSA) is 83.6 Å². The Labute approximate surface area is 154 Å². The molecule has 0 spiro atoms. The fourth-order valence-corrected chi connectivity index (χ4v) is 3.27. The van der Waals surface area contributed by atoms with E-state index in [1.807, 2.05) is 24.4 Å². The van der Waals surface area contributed by atoms with Crippen LogP contribution in [-0.4, -0.2) is 41.7 Å². The maximum atomic E-state index is 9.64. The summed E-state index contributed by atoms with van der Waals surface area (Å²) in [6, 6.07) is 11.3. The van der Waals surface area contributed by atoms with E-state index >= 15 is 0 Å². The van der Waals surface area contributed by atoms with Crippen molar-refractivity contribution in [3.63, 3.8) is 0 Å². The molecular weight excluding hydrogens is 328 g/mol. The first-order valence-electron chi connectivity index (χ1n) is 8.86. The number of nitrogens with one attached hydrogen (secondary N) is 1. The van der Waals surface area contributed by atoms with Crippen molar-refractivity contribution in [3.05, 3.63) is 60.1 Å². The van der Waals surface area contributed by atoms with Gasteiger partial charge in [-0.05, 0) is 55.6 Å². The summed E-state index contributed by atoms with van der Waals surface area (Å²) in [5, 5.41) is 12.8. The minimum atomic E-state index is 0.344. The van der Waals surface area contributed by atoms with Crippen molar-refractivity contribution < 1.29 is 9.84 Å². The number of phenols is 1. The van der Waals surface area contributed by atoms with Crippen LogP contribution in [0.15, 0.2) is 54.5 Å². The third kappa shape index (κ3) is 4.89. The number of likely N-dealkylation sites (tertiary alicyclic amines) is 1. The zero-order valence-corrected chi connectivity index (χ0v) is 15.1. The molecule has 1 saturated heterocycles. The number of aromatic hydroxyl groups is 1. The van der Waals surface area contributed by atoms with E-state index in [2.05, 4.69) is 21.3 Å². The van der Waals surface area contributed by atoms with E-state index in [4.69, 9.17) is 10.5 Å². The molecule has 1 aromatic carbocycles. The Morgan fingerprint density at radius 2 is 2.15 bits per heavy atom. The first kappa shape index (κ1) is 18.1. The lowest BCUT2D eigenvalue weighted by atomic mass is 9.89. The molecular formula is C20H26N4O2. The monoisotopic (exact) mass is 354 g/mol. The second-order valence-electron chi connectivity index (χ2n) is 6.60. The minimum absolute atomic E-state index is 0.344. The highest BCUT2D eigenvalue weighted by molar-refractivity contribution is 5.45. The van der Waals surface area contributed by atoms with Crippen molar-refractivity contribution >= 4 is 5.69 Å². The summed E-state index contributed by atoms with van der Waals surface area (Å²) in [6.07, 6.45) is 5.69. The molecule has 0 bridgehead atoms. The van der Waals surface area contributed by atoms with Crippen LogP contribution in [0.4, 0.5) is 5.69 Å². The summed E-state index contributed by atoms with van der Waals surface area (Å²) >= 11 is 0. The molecule has 2 heterocycles. The molecule has 0 aliphatic carbocycles. The molecule has 6 heteroatoms. The highest BCUT2D eigenvalue weighted by Gasteiger charge is 2.20. The zero-order chi connectivity index (χ0) is 18.4. The van der Waals surface area contributed by atoms with Gasteiger partial charge in [-0.2, -0.15) is 0 Å². The molecule has 4 N–H and O–H groups in total. The van der Waals surface area contributed by atoms with E-state index in [9.17, 15) is 5.11 Å². The summed E-state index contributed by atoms with van der Waals surface area (Å²) in [4.78, 5) is 6.51. The molecule has 138 valence electrons. The number of pyridine rings is 1. The molecule has 1 aliphatic heterocycles. The van der Waals surface area contributed by atoms with Crippen molar-refractivity contribution in [1.29, 1.82) is 0 Å². The molecule has 0 amide bonds. The standard InChI is InChI=1S/C20H26N4O2/c1-26-20-6-5-18(13-23-20)22-12-17(21)14-24-9-7-15(8-10-24)16-3-2-4-19(25)11-16/h2-6,11-13,15,22,25H,7-10,14,21H2,1H3/b17-12-. The third-order valence-electron chi connectivity index (χ3n) is 4.71. The molecule has 0 atom stereocenters. The Hall–Kier alpha value is -2.73. The van der Waals surface area contributed by atoms with Crippen LogP contribution in [0.25, 0.3) is 0 Å². The van der Waals surface area contributed by atoms with E-state index in [0.29, 0.717) is 17.5 Å². The van der Waals surface area contributed by atoms with Crippen molar-refractivity contribution in [2.75, 3.05) is 32.1 Å². The van der Waals surface area contributed by atoms with Crippen molar-refractivity contribution in [3.8, 4) is 11.6 Å². The van der Waals surface area contributed by atoms with Gasteiger partial charge < -0.3 is 20.9 Å². The van der Waals surface area contributed by atoms with Crippen LogP contribution in [0.1, 0.15) is 24.3 Å². The van der Waals surface area contributed by atoms with Gasteiger partial charge in [0.05, 0.1) is 19.0 Å². The third-order valence-corrected chi connectivity index (χ3v) is 4.71. The van der Waals surface area contributed by atoms with E-state index in [1.54, 1.807) is 25.4 Å². The fraction of sp³-hybridized carbons (Fsp3) is 0.350. The summed E-state index contributed by atoms with van der Waals surface area (Å²) < 4.78 is 5.04. The van der Waals surface area contributed by atoms with Crippen LogP contribution in [-0.2, 0) is 0 Å². The van der Waals surface area contributed by atoms with Crippen LogP contribution in [0, 0.1) is 0 Å². The predicted molar refractivity (Wildman–Crippen MR) is 103 cm³/mol. The van der Waals surface area contributed by atoms with Gasteiger partial charge >= 0.3 is 0 Å². The van der Waals surface area contributed by atoms with E-state index in [0.717, 1.165) is 43.9 Å². The molecule has 1 aromatic heterocycles. The van der Waals surface area contributed by atoms with Gasteiger partial charge in [0.1, 0.15) is 5.75 Å². The molecule has 26 heavy (non-hydrogen) atoms. The van der Waals surface area contributed by atoms with Gasteiger partial charge in [-0.25, -0.2) is 4.98 Å². The molecule has 0 saturated carbocycles. The lowest BCUT2D eigenvalue weighted by Gasteiger charge is -2.32. The SMILES string of the molecule is COc1ccc(N/C=C(\N)CN2CCC(c3cccc(O)c3)CC2)cn1. The second kappa shape index (κ2) is 8.58.